The lowest BCUT2D eigenvalue weighted by Gasteiger charge is -2.00. The Balaban J connectivity index is 3.93. The van der Waals surface area contributed by atoms with Crippen LogP contribution in [0.4, 0.5) is 0 Å². The van der Waals surface area contributed by atoms with E-state index in [1.54, 1.807) is 0 Å². The normalized spacial score (nSPS) is 11.3. The molecule has 0 aromatic heterocycles. The molecule has 0 fully saturated rings. The Morgan fingerprint density at radius 2 is 2.17 bits per heavy atom. The summed E-state index contributed by atoms with van der Waals surface area (Å²) in [6.45, 7) is 4.27. The SMILES string of the molecule is CCCC(CC(=O)O)=NOCC. The molecule has 0 rings (SSSR count). The molecule has 0 saturated heterocycles. The van der Waals surface area contributed by atoms with Crippen LogP contribution in [-0.2, 0) is 9.63 Å². The molecule has 4 heteroatoms. The van der Waals surface area contributed by atoms with Gasteiger partial charge >= 0.3 is 5.97 Å². The summed E-state index contributed by atoms with van der Waals surface area (Å²) >= 11 is 0. The van der Waals surface area contributed by atoms with E-state index in [9.17, 15) is 4.79 Å². The molecule has 0 spiro atoms. The monoisotopic (exact) mass is 173 g/mol. The zero-order valence-corrected chi connectivity index (χ0v) is 7.54. The molecule has 0 atom stereocenters. The summed E-state index contributed by atoms with van der Waals surface area (Å²) < 4.78 is 0. The van der Waals surface area contributed by atoms with E-state index in [0.29, 0.717) is 18.7 Å². The zero-order valence-electron chi connectivity index (χ0n) is 7.54. The van der Waals surface area contributed by atoms with E-state index in [0.717, 1.165) is 6.42 Å². The van der Waals surface area contributed by atoms with Crippen molar-refractivity contribution in [1.82, 2.24) is 0 Å². The second-order valence-corrected chi connectivity index (χ2v) is 2.40. The number of oxime groups is 1. The first-order chi connectivity index (χ1) is 5.70. The molecule has 0 saturated carbocycles. The molecule has 12 heavy (non-hydrogen) atoms. The highest BCUT2D eigenvalue weighted by Gasteiger charge is 2.04. The minimum absolute atomic E-state index is 0.0200. The van der Waals surface area contributed by atoms with Crippen LogP contribution in [0.15, 0.2) is 5.16 Å². The van der Waals surface area contributed by atoms with E-state index in [4.69, 9.17) is 9.94 Å². The summed E-state index contributed by atoms with van der Waals surface area (Å²) in [7, 11) is 0. The van der Waals surface area contributed by atoms with Gasteiger partial charge in [0, 0.05) is 0 Å². The van der Waals surface area contributed by atoms with Crippen LogP contribution in [0.2, 0.25) is 0 Å². The van der Waals surface area contributed by atoms with Crippen molar-refractivity contribution in [3.05, 3.63) is 0 Å². The fourth-order valence-electron chi connectivity index (χ4n) is 0.785. The number of aliphatic carboxylic acids is 1. The smallest absolute Gasteiger partial charge is 0.309 e. The Bertz CT molecular complexity index is 166. The largest absolute Gasteiger partial charge is 0.481 e. The van der Waals surface area contributed by atoms with Crippen molar-refractivity contribution in [3.63, 3.8) is 0 Å². The molecule has 0 heterocycles. The fourth-order valence-corrected chi connectivity index (χ4v) is 0.785. The Kier molecular flexibility index (Phi) is 6.05. The van der Waals surface area contributed by atoms with E-state index in [-0.39, 0.29) is 6.42 Å². The van der Waals surface area contributed by atoms with Gasteiger partial charge in [0.2, 0.25) is 0 Å². The average molecular weight is 173 g/mol. The Morgan fingerprint density at radius 1 is 1.50 bits per heavy atom. The first-order valence-electron chi connectivity index (χ1n) is 4.10. The van der Waals surface area contributed by atoms with Crippen LogP contribution in [0.25, 0.3) is 0 Å². The number of hydrogen-bond donors (Lipinski definition) is 1. The van der Waals surface area contributed by atoms with E-state index in [2.05, 4.69) is 5.16 Å². The third kappa shape index (κ3) is 5.70. The number of rotatable bonds is 6. The number of carboxylic acid groups (broad SMARTS) is 1. The standard InChI is InChI=1S/C8H15NO3/c1-3-5-7(6-8(10)11)9-12-4-2/h3-6H2,1-2H3,(H,10,11). The first-order valence-corrected chi connectivity index (χ1v) is 4.10. The molecule has 0 aliphatic carbocycles. The van der Waals surface area contributed by atoms with Gasteiger partial charge in [-0.3, -0.25) is 4.79 Å². The highest BCUT2D eigenvalue weighted by Crippen LogP contribution is 1.98. The van der Waals surface area contributed by atoms with E-state index in [1.807, 2.05) is 13.8 Å². The van der Waals surface area contributed by atoms with Gasteiger partial charge in [-0.1, -0.05) is 18.5 Å². The molecule has 0 amide bonds. The third-order valence-corrected chi connectivity index (χ3v) is 1.22. The summed E-state index contributed by atoms with van der Waals surface area (Å²) in [4.78, 5) is 15.1. The van der Waals surface area contributed by atoms with Crippen LogP contribution in [0.1, 0.15) is 33.1 Å². The maximum absolute atomic E-state index is 10.3. The Labute approximate surface area is 72.2 Å². The molecule has 0 aliphatic rings. The first kappa shape index (κ1) is 10.9. The van der Waals surface area contributed by atoms with Crippen molar-refractivity contribution in [2.75, 3.05) is 6.61 Å². The number of carboxylic acids is 1. The van der Waals surface area contributed by atoms with Crippen molar-refractivity contribution in [1.29, 1.82) is 0 Å². The summed E-state index contributed by atoms with van der Waals surface area (Å²) in [5.74, 6) is -0.859. The molecule has 70 valence electrons. The molecule has 0 aliphatic heterocycles. The zero-order chi connectivity index (χ0) is 9.40. The van der Waals surface area contributed by atoms with Crippen LogP contribution in [0, 0.1) is 0 Å². The maximum Gasteiger partial charge on any atom is 0.309 e. The van der Waals surface area contributed by atoms with Crippen LogP contribution in [0.3, 0.4) is 0 Å². The summed E-state index contributed by atoms with van der Waals surface area (Å²) in [5, 5.41) is 12.2. The van der Waals surface area contributed by atoms with Gasteiger partial charge in [-0.25, -0.2) is 0 Å². The van der Waals surface area contributed by atoms with Crippen molar-refractivity contribution in [2.45, 2.75) is 33.1 Å². The Morgan fingerprint density at radius 3 is 2.58 bits per heavy atom. The minimum atomic E-state index is -0.859. The molecule has 0 bridgehead atoms. The van der Waals surface area contributed by atoms with Gasteiger partial charge in [-0.2, -0.15) is 0 Å². The molecule has 1 N–H and O–H groups in total. The van der Waals surface area contributed by atoms with Gasteiger partial charge in [0.25, 0.3) is 0 Å². The van der Waals surface area contributed by atoms with Crippen molar-refractivity contribution in [2.24, 2.45) is 5.16 Å². The maximum atomic E-state index is 10.3. The third-order valence-electron chi connectivity index (χ3n) is 1.22. The lowest BCUT2D eigenvalue weighted by atomic mass is 10.2. The number of hydrogen-bond acceptors (Lipinski definition) is 3. The summed E-state index contributed by atoms with van der Waals surface area (Å²) in [5.41, 5.74) is 0.604. The molecule has 0 aromatic carbocycles. The molecule has 0 unspecified atom stereocenters. The lowest BCUT2D eigenvalue weighted by Crippen LogP contribution is -2.07. The molecule has 0 radical (unpaired) electrons. The number of nitrogens with zero attached hydrogens (tertiary/aromatic N) is 1. The van der Waals surface area contributed by atoms with Gasteiger partial charge in [-0.15, -0.1) is 0 Å². The molecule has 4 nitrogen and oxygen atoms in total. The summed E-state index contributed by atoms with van der Waals surface area (Å²) in [6.07, 6.45) is 1.55. The predicted octanol–water partition coefficient (Wildman–Crippen LogP) is 1.65. The van der Waals surface area contributed by atoms with Gasteiger partial charge in [0.15, 0.2) is 0 Å². The second kappa shape index (κ2) is 6.64. The second-order valence-electron chi connectivity index (χ2n) is 2.40. The highest BCUT2D eigenvalue weighted by atomic mass is 16.6. The van der Waals surface area contributed by atoms with Gasteiger partial charge in [-0.05, 0) is 13.3 Å². The fraction of sp³-hybridized carbons (Fsp3) is 0.750. The molecule has 0 aromatic rings. The van der Waals surface area contributed by atoms with Crippen LogP contribution in [-0.4, -0.2) is 23.4 Å². The van der Waals surface area contributed by atoms with Crippen LogP contribution < -0.4 is 0 Å². The number of carbonyl (C=O) groups is 1. The topological polar surface area (TPSA) is 58.9 Å². The average Bonchev–Trinajstić information content (AvgIpc) is 2.00. The van der Waals surface area contributed by atoms with Crippen LogP contribution in [0.5, 0.6) is 0 Å². The van der Waals surface area contributed by atoms with Crippen molar-refractivity contribution >= 4 is 11.7 Å². The quantitative estimate of drug-likeness (QED) is 0.490. The van der Waals surface area contributed by atoms with E-state index < -0.39 is 5.97 Å². The van der Waals surface area contributed by atoms with Crippen molar-refractivity contribution < 1.29 is 14.7 Å². The lowest BCUT2D eigenvalue weighted by molar-refractivity contribution is -0.135. The predicted molar refractivity (Wildman–Crippen MR) is 46.2 cm³/mol. The molecular formula is C8H15NO3. The summed E-state index contributed by atoms with van der Waals surface area (Å²) in [6, 6.07) is 0. The van der Waals surface area contributed by atoms with Gasteiger partial charge in [0.05, 0.1) is 12.1 Å². The van der Waals surface area contributed by atoms with Crippen LogP contribution >= 0.6 is 0 Å². The Hall–Kier alpha value is -1.06. The van der Waals surface area contributed by atoms with Gasteiger partial charge < -0.3 is 9.94 Å². The van der Waals surface area contributed by atoms with E-state index in [1.165, 1.54) is 0 Å². The molecular weight excluding hydrogens is 158 g/mol. The highest BCUT2D eigenvalue weighted by molar-refractivity contribution is 5.97. The van der Waals surface area contributed by atoms with Gasteiger partial charge in [0.1, 0.15) is 6.61 Å². The minimum Gasteiger partial charge on any atom is -0.481 e. The van der Waals surface area contributed by atoms with E-state index >= 15 is 0 Å². The van der Waals surface area contributed by atoms with Crippen molar-refractivity contribution in [3.8, 4) is 0 Å².